The van der Waals surface area contributed by atoms with Crippen molar-refractivity contribution >= 4 is 10.0 Å². The Morgan fingerprint density at radius 1 is 1.48 bits per heavy atom. The molecule has 0 spiro atoms. The Labute approximate surface area is 125 Å². The van der Waals surface area contributed by atoms with E-state index in [9.17, 15) is 8.42 Å². The molecule has 1 saturated heterocycles. The third kappa shape index (κ3) is 3.61. The lowest BCUT2D eigenvalue weighted by Crippen LogP contribution is -2.44. The number of nitrogens with one attached hydrogen (secondary N) is 1. The van der Waals surface area contributed by atoms with Crippen molar-refractivity contribution in [3.05, 3.63) is 29.3 Å². The number of hydrogen-bond donors (Lipinski definition) is 2. The van der Waals surface area contributed by atoms with Crippen molar-refractivity contribution in [2.75, 3.05) is 26.9 Å². The highest BCUT2D eigenvalue weighted by molar-refractivity contribution is 7.89. The van der Waals surface area contributed by atoms with Crippen LogP contribution < -0.4 is 10.5 Å². The Bertz CT molecular complexity index is 595. The lowest BCUT2D eigenvalue weighted by molar-refractivity contribution is -0.0120. The zero-order valence-electron chi connectivity index (χ0n) is 12.4. The lowest BCUT2D eigenvalue weighted by Gasteiger charge is -2.25. The Balaban J connectivity index is 2.15. The molecule has 3 N–H and O–H groups in total. The van der Waals surface area contributed by atoms with Crippen LogP contribution in [-0.2, 0) is 26.0 Å². The molecule has 6 nitrogen and oxygen atoms in total. The summed E-state index contributed by atoms with van der Waals surface area (Å²) in [5, 5.41) is 0. The minimum atomic E-state index is -3.59. The first kappa shape index (κ1) is 16.4. The molecule has 118 valence electrons. The normalized spacial score (nSPS) is 22.6. The molecule has 1 atom stereocenters. The molecule has 0 aliphatic carbocycles. The summed E-state index contributed by atoms with van der Waals surface area (Å²) in [4.78, 5) is 0.221. The van der Waals surface area contributed by atoms with E-state index in [0.717, 1.165) is 11.1 Å². The standard InChI is InChI=1S/C14H22N2O4S/c1-11-3-4-13(7-12(11)8-15)21(17,18)16-9-14(19-2)5-6-20-10-14/h3-4,7,16H,5-6,8-10,15H2,1-2H3. The zero-order chi connectivity index (χ0) is 15.5. The molecule has 1 aliphatic heterocycles. The number of aryl methyl sites for hydroxylation is 1. The first-order valence-corrected chi connectivity index (χ1v) is 8.33. The maximum atomic E-state index is 12.4. The molecule has 0 amide bonds. The summed E-state index contributed by atoms with van der Waals surface area (Å²) < 4.78 is 38.1. The van der Waals surface area contributed by atoms with Gasteiger partial charge in [0.2, 0.25) is 10.0 Å². The highest BCUT2D eigenvalue weighted by atomic mass is 32.2. The van der Waals surface area contributed by atoms with E-state index in [0.29, 0.717) is 26.2 Å². The van der Waals surface area contributed by atoms with Crippen LogP contribution in [-0.4, -0.2) is 40.9 Å². The molecular formula is C14H22N2O4S. The van der Waals surface area contributed by atoms with Gasteiger partial charge in [0.15, 0.2) is 0 Å². The van der Waals surface area contributed by atoms with Crippen LogP contribution in [0.2, 0.25) is 0 Å². The van der Waals surface area contributed by atoms with E-state index in [4.69, 9.17) is 15.2 Å². The van der Waals surface area contributed by atoms with Gasteiger partial charge in [-0.05, 0) is 30.2 Å². The summed E-state index contributed by atoms with van der Waals surface area (Å²) in [6.45, 7) is 3.38. The average Bonchev–Trinajstić information content (AvgIpc) is 2.95. The molecule has 0 aromatic heterocycles. The van der Waals surface area contributed by atoms with E-state index in [1.807, 2.05) is 6.92 Å². The number of rotatable bonds is 6. The Morgan fingerprint density at radius 3 is 2.81 bits per heavy atom. The fraction of sp³-hybridized carbons (Fsp3) is 0.571. The van der Waals surface area contributed by atoms with Gasteiger partial charge < -0.3 is 15.2 Å². The molecule has 1 heterocycles. The summed E-state index contributed by atoms with van der Waals surface area (Å²) >= 11 is 0. The van der Waals surface area contributed by atoms with E-state index in [2.05, 4.69) is 4.72 Å². The second kappa shape index (κ2) is 6.41. The number of hydrogen-bond acceptors (Lipinski definition) is 5. The largest absolute Gasteiger partial charge is 0.378 e. The monoisotopic (exact) mass is 314 g/mol. The molecule has 0 saturated carbocycles. The maximum Gasteiger partial charge on any atom is 0.240 e. The number of nitrogens with two attached hydrogens (primary N) is 1. The van der Waals surface area contributed by atoms with Crippen LogP contribution >= 0.6 is 0 Å². The third-order valence-electron chi connectivity index (χ3n) is 3.94. The van der Waals surface area contributed by atoms with Crippen molar-refractivity contribution in [3.63, 3.8) is 0 Å². The zero-order valence-corrected chi connectivity index (χ0v) is 13.2. The number of ether oxygens (including phenoxy) is 2. The van der Waals surface area contributed by atoms with Crippen LogP contribution in [0.25, 0.3) is 0 Å². The fourth-order valence-corrected chi connectivity index (χ4v) is 3.47. The van der Waals surface area contributed by atoms with Crippen molar-refractivity contribution in [2.45, 2.75) is 30.4 Å². The molecule has 7 heteroatoms. The molecule has 1 fully saturated rings. The smallest absolute Gasteiger partial charge is 0.240 e. The molecule has 1 aliphatic rings. The van der Waals surface area contributed by atoms with Gasteiger partial charge in [-0.1, -0.05) is 6.07 Å². The van der Waals surface area contributed by atoms with E-state index < -0.39 is 15.6 Å². The van der Waals surface area contributed by atoms with Crippen LogP contribution in [0.1, 0.15) is 17.5 Å². The van der Waals surface area contributed by atoms with Crippen LogP contribution in [0.3, 0.4) is 0 Å². The summed E-state index contributed by atoms with van der Waals surface area (Å²) in [6, 6.07) is 4.96. The van der Waals surface area contributed by atoms with E-state index in [1.54, 1.807) is 25.3 Å². The molecule has 1 aromatic carbocycles. The number of benzene rings is 1. The Kier molecular flexibility index (Phi) is 5.00. The van der Waals surface area contributed by atoms with Gasteiger partial charge in [0.25, 0.3) is 0 Å². The minimum Gasteiger partial charge on any atom is -0.378 e. The van der Waals surface area contributed by atoms with E-state index in [1.165, 1.54) is 0 Å². The maximum absolute atomic E-state index is 12.4. The van der Waals surface area contributed by atoms with Gasteiger partial charge in [-0.15, -0.1) is 0 Å². The minimum absolute atomic E-state index is 0.192. The second-order valence-electron chi connectivity index (χ2n) is 5.31. The number of methoxy groups -OCH3 is 1. The van der Waals surface area contributed by atoms with Crippen molar-refractivity contribution in [1.29, 1.82) is 0 Å². The summed E-state index contributed by atoms with van der Waals surface area (Å²) in [6.07, 6.45) is 0.675. The van der Waals surface area contributed by atoms with Crippen LogP contribution in [0.4, 0.5) is 0 Å². The van der Waals surface area contributed by atoms with Crippen LogP contribution in [0.15, 0.2) is 23.1 Å². The number of sulfonamides is 1. The molecule has 0 bridgehead atoms. The first-order valence-electron chi connectivity index (χ1n) is 6.85. The molecule has 0 radical (unpaired) electrons. The van der Waals surface area contributed by atoms with Crippen molar-refractivity contribution < 1.29 is 17.9 Å². The summed E-state index contributed by atoms with van der Waals surface area (Å²) in [5.74, 6) is 0. The highest BCUT2D eigenvalue weighted by Crippen LogP contribution is 2.22. The van der Waals surface area contributed by atoms with Crippen molar-refractivity contribution in [3.8, 4) is 0 Å². The van der Waals surface area contributed by atoms with Gasteiger partial charge in [-0.25, -0.2) is 13.1 Å². The average molecular weight is 314 g/mol. The molecule has 2 rings (SSSR count). The molecule has 1 unspecified atom stereocenters. The molecule has 1 aromatic rings. The molecular weight excluding hydrogens is 292 g/mol. The third-order valence-corrected chi connectivity index (χ3v) is 5.33. The Morgan fingerprint density at radius 2 is 2.24 bits per heavy atom. The first-order chi connectivity index (χ1) is 9.92. The topological polar surface area (TPSA) is 90.7 Å². The van der Waals surface area contributed by atoms with Crippen molar-refractivity contribution in [2.24, 2.45) is 5.73 Å². The van der Waals surface area contributed by atoms with Gasteiger partial charge in [-0.2, -0.15) is 0 Å². The van der Waals surface area contributed by atoms with Gasteiger partial charge in [-0.3, -0.25) is 0 Å². The SMILES string of the molecule is COC1(CNS(=O)(=O)c2ccc(C)c(CN)c2)CCOC1. The van der Waals surface area contributed by atoms with Gasteiger partial charge in [0.1, 0.15) is 5.60 Å². The van der Waals surface area contributed by atoms with E-state index in [-0.39, 0.29) is 11.4 Å². The highest BCUT2D eigenvalue weighted by Gasteiger charge is 2.36. The summed E-state index contributed by atoms with van der Waals surface area (Å²) in [7, 11) is -2.02. The Hall–Kier alpha value is -0.990. The second-order valence-corrected chi connectivity index (χ2v) is 7.07. The van der Waals surface area contributed by atoms with Crippen molar-refractivity contribution in [1.82, 2.24) is 4.72 Å². The summed E-state index contributed by atoms with van der Waals surface area (Å²) in [5.41, 5.74) is 6.86. The van der Waals surface area contributed by atoms with E-state index >= 15 is 0 Å². The van der Waals surface area contributed by atoms with Crippen LogP contribution in [0.5, 0.6) is 0 Å². The molecule has 21 heavy (non-hydrogen) atoms. The fourth-order valence-electron chi connectivity index (χ4n) is 2.31. The van der Waals surface area contributed by atoms with Crippen LogP contribution in [0, 0.1) is 6.92 Å². The predicted molar refractivity (Wildman–Crippen MR) is 79.4 cm³/mol. The van der Waals surface area contributed by atoms with Gasteiger partial charge in [0.05, 0.1) is 11.5 Å². The lowest BCUT2D eigenvalue weighted by atomic mass is 10.0. The predicted octanol–water partition coefficient (Wildman–Crippen LogP) is 0.538. The quantitative estimate of drug-likeness (QED) is 0.799. The van der Waals surface area contributed by atoms with Gasteiger partial charge in [0, 0.05) is 33.2 Å². The van der Waals surface area contributed by atoms with Gasteiger partial charge >= 0.3 is 0 Å².